The van der Waals surface area contributed by atoms with Crippen LogP contribution in [0.3, 0.4) is 0 Å². The average molecular weight is 591 g/mol. The summed E-state index contributed by atoms with van der Waals surface area (Å²) >= 11 is 9.53. The maximum atomic E-state index is 11.9. The molecule has 1 saturated heterocycles. The standard InChI is InChI=1S/C29H28BrN5O2S/c1-17-14-23(18(2)34(17)21-9-7-8-20(30)15-21)28-27(24-10-5-6-13-31-24)33-29(38)35(28)22-11-12-26(37-4)25(16-22)32-19(3)36/h5-16,27-28H,1-4H3,(H,32,36)(H,33,38). The maximum Gasteiger partial charge on any atom is 0.221 e. The first-order chi connectivity index (χ1) is 18.3. The lowest BCUT2D eigenvalue weighted by Gasteiger charge is -2.29. The number of hydrogen-bond donors (Lipinski definition) is 2. The van der Waals surface area contributed by atoms with Crippen LogP contribution >= 0.6 is 28.1 Å². The van der Waals surface area contributed by atoms with Crippen LogP contribution in [-0.2, 0) is 4.79 Å². The van der Waals surface area contributed by atoms with E-state index in [1.165, 1.54) is 6.92 Å². The topological polar surface area (TPSA) is 71.4 Å². The van der Waals surface area contributed by atoms with E-state index in [2.05, 4.69) is 73.1 Å². The molecule has 0 radical (unpaired) electrons. The van der Waals surface area contributed by atoms with Gasteiger partial charge in [0.05, 0.1) is 30.6 Å². The summed E-state index contributed by atoms with van der Waals surface area (Å²) in [4.78, 5) is 18.7. The second-order valence-electron chi connectivity index (χ2n) is 9.20. The predicted octanol–water partition coefficient (Wildman–Crippen LogP) is 6.40. The van der Waals surface area contributed by atoms with Crippen molar-refractivity contribution in [3.8, 4) is 11.4 Å². The SMILES string of the molecule is COc1ccc(N2C(=S)NC(c3ccccn3)C2c2cc(C)n(-c3cccc(Br)c3)c2C)cc1NC(C)=O. The zero-order valence-electron chi connectivity index (χ0n) is 21.5. The molecule has 4 aromatic rings. The molecule has 2 unspecified atom stereocenters. The van der Waals surface area contributed by atoms with Gasteiger partial charge < -0.3 is 24.8 Å². The quantitative estimate of drug-likeness (QED) is 0.254. The molecular weight excluding hydrogens is 562 g/mol. The first kappa shape index (κ1) is 25.9. The average Bonchev–Trinajstić information content (AvgIpc) is 3.39. The third-order valence-electron chi connectivity index (χ3n) is 6.73. The van der Waals surface area contributed by atoms with Crippen LogP contribution in [0.2, 0.25) is 0 Å². The van der Waals surface area contributed by atoms with Gasteiger partial charge in [0.1, 0.15) is 5.75 Å². The summed E-state index contributed by atoms with van der Waals surface area (Å²) < 4.78 is 8.76. The normalized spacial score (nSPS) is 16.9. The lowest BCUT2D eigenvalue weighted by Crippen LogP contribution is -2.29. The van der Waals surface area contributed by atoms with E-state index in [1.54, 1.807) is 13.3 Å². The number of carbonyl (C=O) groups excluding carboxylic acids is 1. The molecular formula is C29H28BrN5O2S. The predicted molar refractivity (Wildman–Crippen MR) is 158 cm³/mol. The van der Waals surface area contributed by atoms with Crippen molar-refractivity contribution in [1.82, 2.24) is 14.9 Å². The number of aromatic nitrogens is 2. The molecule has 1 amide bonds. The zero-order valence-corrected chi connectivity index (χ0v) is 23.9. The maximum absolute atomic E-state index is 11.9. The fraction of sp³-hybridized carbons (Fsp3) is 0.207. The number of carbonyl (C=O) groups is 1. The number of amides is 1. The summed E-state index contributed by atoms with van der Waals surface area (Å²) in [5, 5.41) is 6.98. The van der Waals surface area contributed by atoms with Crippen LogP contribution in [0.15, 0.2) is 77.4 Å². The Labute approximate surface area is 236 Å². The Balaban J connectivity index is 1.68. The fourth-order valence-electron chi connectivity index (χ4n) is 5.18. The van der Waals surface area contributed by atoms with E-state index in [0.717, 1.165) is 38.5 Å². The van der Waals surface area contributed by atoms with Crippen LogP contribution in [0.25, 0.3) is 5.69 Å². The van der Waals surface area contributed by atoms with Crippen molar-refractivity contribution in [3.05, 3.63) is 100 Å². The highest BCUT2D eigenvalue weighted by molar-refractivity contribution is 9.10. The third kappa shape index (κ3) is 4.79. The van der Waals surface area contributed by atoms with E-state index >= 15 is 0 Å². The summed E-state index contributed by atoms with van der Waals surface area (Å²) in [7, 11) is 1.58. The van der Waals surface area contributed by atoms with Crippen molar-refractivity contribution in [2.45, 2.75) is 32.9 Å². The van der Waals surface area contributed by atoms with Gasteiger partial charge in [0.15, 0.2) is 5.11 Å². The number of aryl methyl sites for hydroxylation is 1. The van der Waals surface area contributed by atoms with Crippen LogP contribution in [0.5, 0.6) is 5.75 Å². The van der Waals surface area contributed by atoms with Crippen molar-refractivity contribution in [3.63, 3.8) is 0 Å². The number of ether oxygens (including phenoxy) is 1. The van der Waals surface area contributed by atoms with Gasteiger partial charge in [-0.25, -0.2) is 0 Å². The number of methoxy groups -OCH3 is 1. The lowest BCUT2D eigenvalue weighted by molar-refractivity contribution is -0.114. The van der Waals surface area contributed by atoms with E-state index in [1.807, 2.05) is 48.5 Å². The van der Waals surface area contributed by atoms with Crippen molar-refractivity contribution >= 4 is 50.5 Å². The number of benzene rings is 2. The van der Waals surface area contributed by atoms with Crippen LogP contribution in [0.1, 0.15) is 41.7 Å². The zero-order chi connectivity index (χ0) is 27.0. The summed E-state index contributed by atoms with van der Waals surface area (Å²) in [6.07, 6.45) is 1.80. The molecule has 3 heterocycles. The number of nitrogens with zero attached hydrogens (tertiary/aromatic N) is 3. The Kier molecular flexibility index (Phi) is 7.23. The minimum Gasteiger partial charge on any atom is -0.495 e. The van der Waals surface area contributed by atoms with Gasteiger partial charge in [-0.2, -0.15) is 0 Å². The number of nitrogens with one attached hydrogen (secondary N) is 2. The summed E-state index contributed by atoms with van der Waals surface area (Å²) in [6.45, 7) is 5.72. The second-order valence-corrected chi connectivity index (χ2v) is 10.5. The largest absolute Gasteiger partial charge is 0.495 e. The van der Waals surface area contributed by atoms with Crippen molar-refractivity contribution in [2.75, 3.05) is 17.3 Å². The minimum atomic E-state index is -0.192. The van der Waals surface area contributed by atoms with E-state index in [9.17, 15) is 4.79 Å². The van der Waals surface area contributed by atoms with E-state index in [-0.39, 0.29) is 18.0 Å². The van der Waals surface area contributed by atoms with Crippen LogP contribution < -0.4 is 20.3 Å². The Morgan fingerprint density at radius 2 is 1.89 bits per heavy atom. The molecule has 2 aromatic heterocycles. The molecule has 1 aliphatic rings. The molecule has 2 N–H and O–H groups in total. The first-order valence-electron chi connectivity index (χ1n) is 12.2. The second kappa shape index (κ2) is 10.6. The molecule has 2 atom stereocenters. The van der Waals surface area contributed by atoms with Crippen LogP contribution in [0, 0.1) is 13.8 Å². The fourth-order valence-corrected chi connectivity index (χ4v) is 5.91. The highest BCUT2D eigenvalue weighted by atomic mass is 79.9. The highest BCUT2D eigenvalue weighted by Gasteiger charge is 2.42. The monoisotopic (exact) mass is 589 g/mol. The van der Waals surface area contributed by atoms with Gasteiger partial charge >= 0.3 is 0 Å². The molecule has 0 saturated carbocycles. The Morgan fingerprint density at radius 3 is 2.58 bits per heavy atom. The molecule has 2 aromatic carbocycles. The van der Waals surface area contributed by atoms with Crippen LogP contribution in [0.4, 0.5) is 11.4 Å². The number of hydrogen-bond acceptors (Lipinski definition) is 4. The van der Waals surface area contributed by atoms with Gasteiger partial charge in [0, 0.05) is 40.4 Å². The summed E-state index contributed by atoms with van der Waals surface area (Å²) in [5.41, 5.74) is 6.74. The molecule has 0 spiro atoms. The van der Waals surface area contributed by atoms with Crippen LogP contribution in [-0.4, -0.2) is 27.7 Å². The summed E-state index contributed by atoms with van der Waals surface area (Å²) in [5.74, 6) is 0.399. The van der Waals surface area contributed by atoms with Gasteiger partial charge in [0.25, 0.3) is 0 Å². The van der Waals surface area contributed by atoms with Gasteiger partial charge in [-0.1, -0.05) is 28.1 Å². The molecule has 5 rings (SSSR count). The molecule has 0 bridgehead atoms. The van der Waals surface area contributed by atoms with Gasteiger partial charge in [-0.15, -0.1) is 0 Å². The minimum absolute atomic E-state index is 0.178. The number of anilines is 2. The molecule has 38 heavy (non-hydrogen) atoms. The van der Waals surface area contributed by atoms with E-state index in [4.69, 9.17) is 17.0 Å². The van der Waals surface area contributed by atoms with Gasteiger partial charge in [0.2, 0.25) is 5.91 Å². The molecule has 0 aliphatic carbocycles. The Morgan fingerprint density at radius 1 is 1.08 bits per heavy atom. The molecule has 9 heteroatoms. The number of rotatable bonds is 6. The van der Waals surface area contributed by atoms with E-state index in [0.29, 0.717) is 16.5 Å². The number of thiocarbonyl (C=S) groups is 1. The van der Waals surface area contributed by atoms with Gasteiger partial charge in [-0.3, -0.25) is 9.78 Å². The summed E-state index contributed by atoms with van der Waals surface area (Å²) in [6, 6.07) is 21.7. The Hall–Kier alpha value is -3.69. The van der Waals surface area contributed by atoms with Gasteiger partial charge in [-0.05, 0) is 86.2 Å². The van der Waals surface area contributed by atoms with E-state index < -0.39 is 0 Å². The third-order valence-corrected chi connectivity index (χ3v) is 7.53. The molecule has 1 aliphatic heterocycles. The number of pyridine rings is 1. The Bertz CT molecular complexity index is 1520. The molecule has 1 fully saturated rings. The first-order valence-corrected chi connectivity index (χ1v) is 13.4. The lowest BCUT2D eigenvalue weighted by atomic mass is 9.96. The molecule has 7 nitrogen and oxygen atoms in total. The number of halogens is 1. The van der Waals surface area contributed by atoms with Crippen molar-refractivity contribution in [2.24, 2.45) is 0 Å². The van der Waals surface area contributed by atoms with Crippen molar-refractivity contribution < 1.29 is 9.53 Å². The van der Waals surface area contributed by atoms with Crippen molar-refractivity contribution in [1.29, 1.82) is 0 Å². The molecule has 194 valence electrons. The smallest absolute Gasteiger partial charge is 0.221 e. The highest BCUT2D eigenvalue weighted by Crippen LogP contribution is 2.45.